The summed E-state index contributed by atoms with van der Waals surface area (Å²) in [4.78, 5) is 20.5. The largest absolute Gasteiger partial charge is 0.465 e. The maximum atomic E-state index is 13.4. The Hall–Kier alpha value is -3.50. The van der Waals surface area contributed by atoms with E-state index in [4.69, 9.17) is 4.74 Å². The third-order valence-electron chi connectivity index (χ3n) is 4.97. The second-order valence-corrected chi connectivity index (χ2v) is 6.90. The van der Waals surface area contributed by atoms with E-state index in [1.807, 2.05) is 6.20 Å². The van der Waals surface area contributed by atoms with Crippen LogP contribution in [0.2, 0.25) is 0 Å². The van der Waals surface area contributed by atoms with Crippen LogP contribution in [-0.4, -0.2) is 34.2 Å². The van der Waals surface area contributed by atoms with Gasteiger partial charge in [-0.25, -0.2) is 14.2 Å². The van der Waals surface area contributed by atoms with Crippen LogP contribution in [0.15, 0.2) is 55.1 Å². The first-order valence-electron chi connectivity index (χ1n) is 10.0. The molecule has 0 saturated carbocycles. The predicted octanol–water partition coefficient (Wildman–Crippen LogP) is 3.54. The predicted molar refractivity (Wildman–Crippen MR) is 116 cm³/mol. The molecule has 0 spiro atoms. The van der Waals surface area contributed by atoms with E-state index in [0.717, 1.165) is 17.0 Å². The minimum absolute atomic E-state index is 0.0587. The van der Waals surface area contributed by atoms with E-state index in [2.05, 4.69) is 31.7 Å². The van der Waals surface area contributed by atoms with Gasteiger partial charge in [-0.15, -0.1) is 11.8 Å². The first kappa shape index (κ1) is 22.2. The Bertz CT molecular complexity index is 1070. The van der Waals surface area contributed by atoms with E-state index in [1.165, 1.54) is 19.2 Å². The lowest BCUT2D eigenvalue weighted by molar-refractivity contribution is 0.0599. The Morgan fingerprint density at radius 2 is 2.06 bits per heavy atom. The molecular formula is C24H25FN4O2. The van der Waals surface area contributed by atoms with Crippen molar-refractivity contribution in [3.63, 3.8) is 0 Å². The number of benzene rings is 1. The van der Waals surface area contributed by atoms with Crippen LogP contribution >= 0.6 is 0 Å². The van der Waals surface area contributed by atoms with Gasteiger partial charge >= 0.3 is 5.97 Å². The standard InChI is InChI=1S/C24H25FN4O2/c1-3-4-5-22(18-6-8-20(25)9-7-18)29-15-14-28-23(29)17-27-12-10-19-16-26-13-11-21(19)24(30)31-2/h6-9,11,13-16,22,27H,5,10,12,17H2,1-2H3. The molecule has 0 saturated heterocycles. The molecule has 0 radical (unpaired) electrons. The first-order chi connectivity index (χ1) is 15.1. The van der Waals surface area contributed by atoms with E-state index in [9.17, 15) is 9.18 Å². The molecule has 1 atom stereocenters. The van der Waals surface area contributed by atoms with Crippen LogP contribution in [0.4, 0.5) is 4.39 Å². The summed E-state index contributed by atoms with van der Waals surface area (Å²) in [6.07, 6.45) is 8.16. The van der Waals surface area contributed by atoms with Gasteiger partial charge in [0, 0.05) is 31.2 Å². The van der Waals surface area contributed by atoms with Gasteiger partial charge in [0.15, 0.2) is 0 Å². The van der Waals surface area contributed by atoms with Gasteiger partial charge in [-0.05, 0) is 49.2 Å². The van der Waals surface area contributed by atoms with Crippen molar-refractivity contribution in [3.8, 4) is 11.8 Å². The van der Waals surface area contributed by atoms with Gasteiger partial charge in [-0.3, -0.25) is 4.98 Å². The summed E-state index contributed by atoms with van der Waals surface area (Å²) in [5.74, 6) is 6.28. The molecule has 0 amide bonds. The van der Waals surface area contributed by atoms with Gasteiger partial charge in [-0.2, -0.15) is 0 Å². The average Bonchev–Trinajstić information content (AvgIpc) is 3.26. The molecule has 0 bridgehead atoms. The zero-order valence-electron chi connectivity index (χ0n) is 17.6. The summed E-state index contributed by atoms with van der Waals surface area (Å²) in [7, 11) is 1.37. The molecule has 31 heavy (non-hydrogen) atoms. The maximum Gasteiger partial charge on any atom is 0.338 e. The number of hydrogen-bond acceptors (Lipinski definition) is 5. The molecule has 1 N–H and O–H groups in total. The van der Waals surface area contributed by atoms with Crippen LogP contribution in [0, 0.1) is 17.7 Å². The van der Waals surface area contributed by atoms with Crippen LogP contribution in [0.25, 0.3) is 0 Å². The molecule has 160 valence electrons. The quantitative estimate of drug-likeness (QED) is 0.326. The number of nitrogens with one attached hydrogen (secondary N) is 1. The first-order valence-corrected chi connectivity index (χ1v) is 10.0. The highest BCUT2D eigenvalue weighted by Crippen LogP contribution is 2.23. The second kappa shape index (κ2) is 11.0. The van der Waals surface area contributed by atoms with Gasteiger partial charge in [0.05, 0.1) is 25.3 Å². The Morgan fingerprint density at radius 3 is 2.81 bits per heavy atom. The molecule has 6 nitrogen and oxygen atoms in total. The van der Waals surface area contributed by atoms with Crippen molar-refractivity contribution in [1.29, 1.82) is 0 Å². The Balaban J connectivity index is 1.68. The van der Waals surface area contributed by atoms with Crippen molar-refractivity contribution < 1.29 is 13.9 Å². The lowest BCUT2D eigenvalue weighted by Crippen LogP contribution is -2.22. The van der Waals surface area contributed by atoms with Crippen LogP contribution in [0.3, 0.4) is 0 Å². The fourth-order valence-corrected chi connectivity index (χ4v) is 3.38. The van der Waals surface area contributed by atoms with Crippen molar-refractivity contribution in [3.05, 3.63) is 83.5 Å². The zero-order valence-corrected chi connectivity index (χ0v) is 17.6. The highest BCUT2D eigenvalue weighted by Gasteiger charge is 2.16. The molecule has 2 aromatic heterocycles. The smallest absolute Gasteiger partial charge is 0.338 e. The van der Waals surface area contributed by atoms with Crippen molar-refractivity contribution in [2.24, 2.45) is 0 Å². The number of carbonyl (C=O) groups excluding carboxylic acids is 1. The lowest BCUT2D eigenvalue weighted by atomic mass is 10.0. The number of hydrogen-bond donors (Lipinski definition) is 1. The third kappa shape index (κ3) is 5.77. The summed E-state index contributed by atoms with van der Waals surface area (Å²) in [6.45, 7) is 2.98. The summed E-state index contributed by atoms with van der Waals surface area (Å²) < 4.78 is 20.3. The van der Waals surface area contributed by atoms with Crippen molar-refractivity contribution in [2.75, 3.05) is 13.7 Å². The number of nitrogens with zero attached hydrogens (tertiary/aromatic N) is 3. The Morgan fingerprint density at radius 1 is 1.26 bits per heavy atom. The van der Waals surface area contributed by atoms with E-state index in [-0.39, 0.29) is 17.8 Å². The number of methoxy groups -OCH3 is 1. The van der Waals surface area contributed by atoms with Gasteiger partial charge in [0.1, 0.15) is 11.6 Å². The minimum atomic E-state index is -0.368. The van der Waals surface area contributed by atoms with Gasteiger partial charge in [0.2, 0.25) is 0 Å². The fourth-order valence-electron chi connectivity index (χ4n) is 3.38. The molecule has 0 fully saturated rings. The summed E-state index contributed by atoms with van der Waals surface area (Å²) in [5, 5.41) is 3.37. The van der Waals surface area contributed by atoms with Crippen LogP contribution < -0.4 is 5.32 Å². The average molecular weight is 420 g/mol. The van der Waals surface area contributed by atoms with E-state index in [1.54, 1.807) is 43.7 Å². The van der Waals surface area contributed by atoms with Gasteiger partial charge < -0.3 is 14.6 Å². The molecule has 0 aliphatic carbocycles. The maximum absolute atomic E-state index is 13.4. The highest BCUT2D eigenvalue weighted by molar-refractivity contribution is 5.90. The summed E-state index contributed by atoms with van der Waals surface area (Å²) in [5.41, 5.74) is 2.32. The molecule has 1 unspecified atom stereocenters. The van der Waals surface area contributed by atoms with Crippen molar-refractivity contribution in [2.45, 2.75) is 32.4 Å². The number of aromatic nitrogens is 3. The number of carbonyl (C=O) groups is 1. The number of ether oxygens (including phenoxy) is 1. The molecule has 7 heteroatoms. The number of imidazole rings is 1. The van der Waals surface area contributed by atoms with Gasteiger partial charge in [-0.1, -0.05) is 12.1 Å². The van der Waals surface area contributed by atoms with Gasteiger partial charge in [0.25, 0.3) is 0 Å². The fraction of sp³-hybridized carbons (Fsp3) is 0.292. The topological polar surface area (TPSA) is 69.0 Å². The summed E-state index contributed by atoms with van der Waals surface area (Å²) in [6, 6.07) is 8.09. The number of pyridine rings is 1. The van der Waals surface area contributed by atoms with Crippen LogP contribution in [-0.2, 0) is 17.7 Å². The third-order valence-corrected chi connectivity index (χ3v) is 4.97. The monoisotopic (exact) mass is 420 g/mol. The molecule has 2 heterocycles. The normalized spacial score (nSPS) is 11.5. The molecule has 3 aromatic rings. The summed E-state index contributed by atoms with van der Waals surface area (Å²) >= 11 is 0. The molecule has 1 aromatic carbocycles. The van der Waals surface area contributed by atoms with Crippen molar-refractivity contribution in [1.82, 2.24) is 19.9 Å². The van der Waals surface area contributed by atoms with E-state index < -0.39 is 0 Å². The second-order valence-electron chi connectivity index (χ2n) is 6.90. The van der Waals surface area contributed by atoms with Crippen LogP contribution in [0.1, 0.15) is 46.7 Å². The minimum Gasteiger partial charge on any atom is -0.465 e. The number of rotatable bonds is 9. The Labute approximate surface area is 181 Å². The SMILES string of the molecule is CC#CCC(c1ccc(F)cc1)n1ccnc1CNCCc1cnccc1C(=O)OC. The molecule has 0 aliphatic rings. The lowest BCUT2D eigenvalue weighted by Gasteiger charge is -2.20. The molecule has 0 aliphatic heterocycles. The van der Waals surface area contributed by atoms with Crippen molar-refractivity contribution >= 4 is 5.97 Å². The highest BCUT2D eigenvalue weighted by atomic mass is 19.1. The number of esters is 1. The Kier molecular flexibility index (Phi) is 7.91. The molecule has 3 rings (SSSR count). The van der Waals surface area contributed by atoms with E-state index in [0.29, 0.717) is 31.5 Å². The zero-order chi connectivity index (χ0) is 22.1. The van der Waals surface area contributed by atoms with Crippen LogP contribution in [0.5, 0.6) is 0 Å². The molecular weight excluding hydrogens is 395 g/mol. The van der Waals surface area contributed by atoms with E-state index >= 15 is 0 Å². The number of halogens is 1.